The predicted octanol–water partition coefficient (Wildman–Crippen LogP) is 3.10. The van der Waals surface area contributed by atoms with Crippen LogP contribution in [0.2, 0.25) is 0 Å². The average molecular weight is 1360 g/mol. The molecule has 4 aliphatic carbocycles. The molecule has 0 aliphatic heterocycles. The summed E-state index contributed by atoms with van der Waals surface area (Å²) in [7, 11) is 8.60. The Bertz CT molecular complexity index is 3020. The van der Waals surface area contributed by atoms with Gasteiger partial charge in [0.2, 0.25) is 17.7 Å². The number of ether oxygens (including phenoxy) is 5. The summed E-state index contributed by atoms with van der Waals surface area (Å²) in [5.74, 6) is -4.01. The highest BCUT2D eigenvalue weighted by Gasteiger charge is 2.62. The number of carbonyl (C=O) groups is 9. The summed E-state index contributed by atoms with van der Waals surface area (Å²) in [6.07, 6.45) is 7.42. The van der Waals surface area contributed by atoms with Crippen molar-refractivity contribution in [3.63, 3.8) is 0 Å². The van der Waals surface area contributed by atoms with Crippen LogP contribution in [0.15, 0.2) is 42.5 Å². The Balaban J connectivity index is 0.808. The lowest BCUT2D eigenvalue weighted by atomic mass is 9.48. The van der Waals surface area contributed by atoms with Crippen LogP contribution < -0.4 is 36.1 Å². The fourth-order valence-electron chi connectivity index (χ4n) is 13.6. The number of rotatable bonds is 49. The molecule has 9 N–H and O–H groups in total. The molecule has 0 saturated heterocycles. The topological polar surface area (TPSA) is 372 Å². The lowest BCUT2D eigenvalue weighted by molar-refractivity contribution is -0.163. The third kappa shape index (κ3) is 23.7. The smallest absolute Gasteiger partial charge is 0.330 e. The number of aromatic nitrogens is 2. The van der Waals surface area contributed by atoms with Crippen molar-refractivity contribution in [1.82, 2.24) is 56.0 Å². The number of carboxylic acids is 4. The highest BCUT2D eigenvalue weighted by Crippen LogP contribution is 2.58. The van der Waals surface area contributed by atoms with Gasteiger partial charge in [0.25, 0.3) is 11.8 Å². The van der Waals surface area contributed by atoms with Gasteiger partial charge in [-0.05, 0) is 156 Å². The van der Waals surface area contributed by atoms with E-state index >= 15 is 0 Å². The van der Waals surface area contributed by atoms with E-state index in [0.717, 1.165) is 50.6 Å². The van der Waals surface area contributed by atoms with E-state index in [2.05, 4.69) is 31.5 Å². The summed E-state index contributed by atoms with van der Waals surface area (Å²) in [6, 6.07) is 11.4. The van der Waals surface area contributed by atoms with Gasteiger partial charge in [0.1, 0.15) is 23.1 Å². The molecule has 2 aromatic carbocycles. The Labute approximate surface area is 567 Å². The molecule has 538 valence electrons. The molecule has 29 heteroatoms. The Kier molecular flexibility index (Phi) is 32.4. The first-order chi connectivity index (χ1) is 46.6. The second-order valence-electron chi connectivity index (χ2n) is 25.4. The molecular formula is C68H103N11O18. The standard InChI is InChI=1S/C68H103N11O18/c1-7-48-42-49(15-16-53(48)79-55(63-56(93-5)13-8-14-57(63)94-6)43-52(74-79)64(87)73-68(67(91)92)50-38-46-37-47(40-50)41-51(68)39-46)65(88)77(4)28-12-26-75(2)25-11-27-76(3)60(82)20-19-59(81)72-22-10-32-96-34-36-97-35-33-95-31-9-21-71-58(80)18-17-54(66(89)90)78(29-23-69-44-61(83)84)30-24-70-45-62(85)86/h8,13-16,42-43,46-47,50-51,54,69-70H,7,9-12,17-41,44-45H2,1-6H3,(H,71,80)(H,72,81)(H,73,87)(H,83,84)(H,85,86)(H,89,90)(H,91,92). The Morgan fingerprint density at radius 2 is 1.16 bits per heavy atom. The average Bonchev–Trinajstić information content (AvgIpc) is 1.39. The maximum absolute atomic E-state index is 14.5. The van der Waals surface area contributed by atoms with Gasteiger partial charge >= 0.3 is 23.9 Å². The third-order valence-electron chi connectivity index (χ3n) is 18.5. The second-order valence-corrected chi connectivity index (χ2v) is 25.4. The molecule has 0 radical (unpaired) electrons. The van der Waals surface area contributed by atoms with Gasteiger partial charge in [0.05, 0.1) is 70.7 Å². The lowest BCUT2D eigenvalue weighted by Crippen LogP contribution is -2.70. The summed E-state index contributed by atoms with van der Waals surface area (Å²) in [6.45, 7) is 7.40. The fraction of sp³-hybridized carbons (Fsp3) is 0.647. The first-order valence-corrected chi connectivity index (χ1v) is 33.9. The molecule has 1 unspecified atom stereocenters. The van der Waals surface area contributed by atoms with Gasteiger partial charge in [0, 0.05) is 104 Å². The molecule has 4 aliphatic rings. The van der Waals surface area contributed by atoms with Crippen molar-refractivity contribution in [2.75, 3.05) is 154 Å². The summed E-state index contributed by atoms with van der Waals surface area (Å²) >= 11 is 0. The summed E-state index contributed by atoms with van der Waals surface area (Å²) < 4.78 is 30.0. The normalized spacial score (nSPS) is 18.0. The van der Waals surface area contributed by atoms with Crippen molar-refractivity contribution in [1.29, 1.82) is 0 Å². The van der Waals surface area contributed by atoms with Crippen LogP contribution in [0.3, 0.4) is 0 Å². The van der Waals surface area contributed by atoms with E-state index in [1.807, 2.05) is 26.1 Å². The van der Waals surface area contributed by atoms with E-state index in [4.69, 9.17) is 39.0 Å². The van der Waals surface area contributed by atoms with Crippen LogP contribution >= 0.6 is 0 Å². The number of benzene rings is 2. The number of amides is 5. The van der Waals surface area contributed by atoms with E-state index < -0.39 is 41.4 Å². The summed E-state index contributed by atoms with van der Waals surface area (Å²) in [5, 5.41) is 57.4. The number of hydrogen-bond acceptors (Lipinski definition) is 19. The van der Waals surface area contributed by atoms with E-state index in [-0.39, 0.29) is 106 Å². The second kappa shape index (κ2) is 40.2. The van der Waals surface area contributed by atoms with Crippen molar-refractivity contribution < 1.29 is 87.3 Å². The molecule has 1 atom stereocenters. The zero-order valence-corrected chi connectivity index (χ0v) is 57.2. The van der Waals surface area contributed by atoms with Crippen LogP contribution in [0.4, 0.5) is 0 Å². The SMILES string of the molecule is CCc1cc(C(=O)N(C)CCCN(C)CCCN(C)C(=O)CCC(=O)NCCCOCCOCCOCCCNC(=O)CCC(C(=O)O)N(CCNCC(=O)O)CCNCC(=O)O)ccc1-n1nc(C(=O)NC2(C(=O)O)C3CC4CC(C3)CC2C4)cc1-c1c(OC)cccc1OC. The van der Waals surface area contributed by atoms with Gasteiger partial charge < -0.3 is 85.4 Å². The molecule has 3 aromatic rings. The van der Waals surface area contributed by atoms with Gasteiger partial charge in [-0.15, -0.1) is 0 Å². The monoisotopic (exact) mass is 1360 g/mol. The third-order valence-corrected chi connectivity index (χ3v) is 18.5. The van der Waals surface area contributed by atoms with Gasteiger partial charge in [-0.2, -0.15) is 5.10 Å². The Morgan fingerprint density at radius 3 is 1.68 bits per heavy atom. The quantitative estimate of drug-likeness (QED) is 0.0367. The molecule has 0 spiro atoms. The molecule has 4 fully saturated rings. The van der Waals surface area contributed by atoms with E-state index in [1.54, 1.807) is 78.0 Å². The molecule has 4 bridgehead atoms. The molecule has 1 aromatic heterocycles. The zero-order valence-electron chi connectivity index (χ0n) is 57.2. The maximum atomic E-state index is 14.5. The van der Waals surface area contributed by atoms with Crippen LogP contribution in [-0.2, 0) is 54.2 Å². The molecule has 97 heavy (non-hydrogen) atoms. The zero-order chi connectivity index (χ0) is 70.4. The van der Waals surface area contributed by atoms with Crippen LogP contribution in [0, 0.1) is 23.7 Å². The number of carbonyl (C=O) groups excluding carboxylic acids is 5. The van der Waals surface area contributed by atoms with Crippen LogP contribution in [0.25, 0.3) is 16.9 Å². The van der Waals surface area contributed by atoms with E-state index in [0.29, 0.717) is 144 Å². The van der Waals surface area contributed by atoms with Gasteiger partial charge in [-0.1, -0.05) is 13.0 Å². The molecule has 1 heterocycles. The number of methoxy groups -OCH3 is 2. The van der Waals surface area contributed by atoms with Gasteiger partial charge in [-0.3, -0.25) is 43.3 Å². The summed E-state index contributed by atoms with van der Waals surface area (Å²) in [5.41, 5.74) is 1.64. The van der Waals surface area contributed by atoms with Crippen molar-refractivity contribution in [2.45, 2.75) is 108 Å². The molecule has 5 amide bonds. The number of carboxylic acid groups (broad SMARTS) is 4. The van der Waals surface area contributed by atoms with Crippen molar-refractivity contribution >= 4 is 53.4 Å². The fourth-order valence-corrected chi connectivity index (χ4v) is 13.6. The molecule has 7 rings (SSSR count). The van der Waals surface area contributed by atoms with Crippen molar-refractivity contribution in [3.05, 3.63) is 59.3 Å². The maximum Gasteiger partial charge on any atom is 0.330 e. The van der Waals surface area contributed by atoms with E-state index in [1.165, 1.54) is 0 Å². The minimum absolute atomic E-state index is 0.00213. The van der Waals surface area contributed by atoms with Crippen LogP contribution in [-0.4, -0.2) is 268 Å². The molecule has 29 nitrogen and oxygen atoms in total. The highest BCUT2D eigenvalue weighted by atomic mass is 16.5. The number of nitrogens with one attached hydrogen (secondary N) is 5. The summed E-state index contributed by atoms with van der Waals surface area (Å²) in [4.78, 5) is 120. The number of hydrogen-bond donors (Lipinski definition) is 9. The Hall–Kier alpha value is -7.80. The minimum Gasteiger partial charge on any atom is -0.496 e. The largest absolute Gasteiger partial charge is 0.496 e. The number of aryl methyl sites for hydroxylation is 1. The predicted molar refractivity (Wildman–Crippen MR) is 358 cm³/mol. The highest BCUT2D eigenvalue weighted by molar-refractivity contribution is 5.98. The number of aliphatic carboxylic acids is 4. The van der Waals surface area contributed by atoms with Crippen LogP contribution in [0.1, 0.15) is 117 Å². The lowest BCUT2D eigenvalue weighted by Gasteiger charge is -2.59. The molecular weight excluding hydrogens is 1260 g/mol. The van der Waals surface area contributed by atoms with Crippen LogP contribution in [0.5, 0.6) is 11.5 Å². The van der Waals surface area contributed by atoms with Crippen molar-refractivity contribution in [2.24, 2.45) is 23.7 Å². The van der Waals surface area contributed by atoms with Crippen molar-refractivity contribution in [3.8, 4) is 28.4 Å². The van der Waals surface area contributed by atoms with Gasteiger partial charge in [0.15, 0.2) is 5.69 Å². The Morgan fingerprint density at radius 1 is 0.629 bits per heavy atom. The first kappa shape index (κ1) is 78.2. The minimum atomic E-state index is -1.37. The van der Waals surface area contributed by atoms with Gasteiger partial charge in [-0.25, -0.2) is 9.48 Å². The number of nitrogens with zero attached hydrogens (tertiary/aromatic N) is 6. The first-order valence-electron chi connectivity index (χ1n) is 33.9. The molecule has 4 saturated carbocycles. The van der Waals surface area contributed by atoms with E-state index in [9.17, 15) is 53.4 Å².